The van der Waals surface area contributed by atoms with E-state index in [4.69, 9.17) is 24.7 Å². The zero-order valence-corrected chi connectivity index (χ0v) is 17.0. The quantitative estimate of drug-likeness (QED) is 0.183. The van der Waals surface area contributed by atoms with Gasteiger partial charge in [-0.2, -0.15) is 0 Å². The first-order valence-corrected chi connectivity index (χ1v) is 10.3. The molecule has 14 atom stereocenters. The van der Waals surface area contributed by atoms with Crippen LogP contribution in [-0.2, 0) is 18.9 Å². The Balaban J connectivity index is 1.69. The van der Waals surface area contributed by atoms with Crippen molar-refractivity contribution in [2.24, 2.45) is 11.7 Å². The number of hydrogen-bond donors (Lipinski definition) is 9. The van der Waals surface area contributed by atoms with Gasteiger partial charge >= 0.3 is 0 Å². The number of nitrogens with two attached hydrogens (primary N) is 1. The van der Waals surface area contributed by atoms with Crippen LogP contribution >= 0.6 is 0 Å². The van der Waals surface area contributed by atoms with Gasteiger partial charge in [-0.05, 0) is 13.3 Å². The first-order chi connectivity index (χ1) is 14.6. The molecule has 10 N–H and O–H groups in total. The lowest BCUT2D eigenvalue weighted by molar-refractivity contribution is -0.362. The van der Waals surface area contributed by atoms with Gasteiger partial charge in [-0.1, -0.05) is 0 Å². The van der Waals surface area contributed by atoms with E-state index in [1.165, 1.54) is 6.92 Å². The minimum Gasteiger partial charge on any atom is -0.396 e. The molecule has 0 unspecified atom stereocenters. The molecule has 31 heavy (non-hydrogen) atoms. The minimum absolute atomic E-state index is 0.166. The van der Waals surface area contributed by atoms with Crippen LogP contribution in [0.3, 0.4) is 0 Å². The van der Waals surface area contributed by atoms with E-state index in [0.717, 1.165) is 0 Å². The second-order valence-electron chi connectivity index (χ2n) is 8.40. The molecule has 2 saturated heterocycles. The molecule has 3 rings (SSSR count). The Kier molecular flexibility index (Phi) is 8.24. The van der Waals surface area contributed by atoms with E-state index >= 15 is 0 Å². The van der Waals surface area contributed by atoms with Gasteiger partial charge in [0.05, 0.1) is 24.9 Å². The molecule has 13 heteroatoms. The molecule has 0 bridgehead atoms. The fourth-order valence-electron chi connectivity index (χ4n) is 4.32. The lowest BCUT2D eigenvalue weighted by Gasteiger charge is -2.46. The number of ether oxygens (including phenoxy) is 4. The van der Waals surface area contributed by atoms with E-state index in [-0.39, 0.29) is 13.0 Å². The van der Waals surface area contributed by atoms with Crippen LogP contribution in [0.2, 0.25) is 0 Å². The van der Waals surface area contributed by atoms with Crippen LogP contribution in [0, 0.1) is 5.92 Å². The summed E-state index contributed by atoms with van der Waals surface area (Å²) in [7, 11) is 0. The Bertz CT molecular complexity index is 584. The highest BCUT2D eigenvalue weighted by molar-refractivity contribution is 4.97. The largest absolute Gasteiger partial charge is 0.396 e. The van der Waals surface area contributed by atoms with Gasteiger partial charge in [-0.25, -0.2) is 0 Å². The van der Waals surface area contributed by atoms with Crippen LogP contribution in [-0.4, -0.2) is 134 Å². The van der Waals surface area contributed by atoms with Crippen molar-refractivity contribution in [2.45, 2.75) is 93.0 Å². The van der Waals surface area contributed by atoms with Crippen molar-refractivity contribution < 1.29 is 59.8 Å². The van der Waals surface area contributed by atoms with Gasteiger partial charge < -0.3 is 65.5 Å². The number of aliphatic hydroxyl groups is 8. The summed E-state index contributed by atoms with van der Waals surface area (Å²) in [4.78, 5) is 0. The molecule has 0 radical (unpaired) electrons. The van der Waals surface area contributed by atoms with Gasteiger partial charge in [0.15, 0.2) is 12.6 Å². The monoisotopic (exact) mass is 455 g/mol. The minimum atomic E-state index is -1.69. The second kappa shape index (κ2) is 10.2. The molecule has 2 aliphatic heterocycles. The van der Waals surface area contributed by atoms with E-state index in [1.807, 2.05) is 0 Å². The smallest absolute Gasteiger partial charge is 0.187 e. The summed E-state index contributed by atoms with van der Waals surface area (Å²) < 4.78 is 22.0. The third-order valence-corrected chi connectivity index (χ3v) is 6.29. The van der Waals surface area contributed by atoms with Gasteiger partial charge in [-0.3, -0.25) is 0 Å². The average molecular weight is 455 g/mol. The molecule has 2 heterocycles. The Labute approximate surface area is 178 Å². The van der Waals surface area contributed by atoms with Crippen LogP contribution in [0.15, 0.2) is 0 Å². The Morgan fingerprint density at radius 3 is 1.97 bits per heavy atom. The molecular formula is C18H33NO12. The average Bonchev–Trinajstić information content (AvgIpc) is 3.01. The van der Waals surface area contributed by atoms with Crippen molar-refractivity contribution in [2.75, 3.05) is 13.2 Å². The Morgan fingerprint density at radius 1 is 0.774 bits per heavy atom. The maximum absolute atomic E-state index is 10.6. The first-order valence-electron chi connectivity index (χ1n) is 10.3. The SMILES string of the molecule is C[C@H]1O[C@@H](O[C@H]2[C@H](O)[C@@H](O)[C@@H](O[C@@H]3[C@H](CO)[C@@H](N)C[C@@H]3O)O[C@@H]2CO)[C@H](O)[C@@H](O)[C@@H]1O. The van der Waals surface area contributed by atoms with Crippen molar-refractivity contribution in [3.63, 3.8) is 0 Å². The predicted octanol–water partition coefficient (Wildman–Crippen LogP) is -5.28. The Hall–Kier alpha value is -0.520. The number of aliphatic hydroxyl groups excluding tert-OH is 8. The second-order valence-corrected chi connectivity index (χ2v) is 8.40. The highest BCUT2D eigenvalue weighted by Crippen LogP contribution is 2.33. The lowest BCUT2D eigenvalue weighted by atomic mass is 9.97. The zero-order chi connectivity index (χ0) is 23.0. The van der Waals surface area contributed by atoms with E-state index in [2.05, 4.69) is 0 Å². The molecule has 0 aromatic heterocycles. The van der Waals surface area contributed by atoms with E-state index in [9.17, 15) is 40.9 Å². The number of rotatable bonds is 6. The van der Waals surface area contributed by atoms with Crippen LogP contribution in [0.4, 0.5) is 0 Å². The van der Waals surface area contributed by atoms with Crippen molar-refractivity contribution in [3.05, 3.63) is 0 Å². The van der Waals surface area contributed by atoms with Gasteiger partial charge in [-0.15, -0.1) is 0 Å². The van der Waals surface area contributed by atoms with Gasteiger partial charge in [0.2, 0.25) is 0 Å². The summed E-state index contributed by atoms with van der Waals surface area (Å²) in [5.41, 5.74) is 5.87. The van der Waals surface area contributed by atoms with Crippen LogP contribution in [0.1, 0.15) is 13.3 Å². The van der Waals surface area contributed by atoms with Gasteiger partial charge in [0.25, 0.3) is 0 Å². The summed E-state index contributed by atoms with van der Waals surface area (Å²) in [5.74, 6) is -0.621. The summed E-state index contributed by atoms with van der Waals surface area (Å²) in [6.07, 6.45) is -16.3. The molecule has 0 spiro atoms. The van der Waals surface area contributed by atoms with Crippen molar-refractivity contribution in [3.8, 4) is 0 Å². The lowest BCUT2D eigenvalue weighted by Crippen LogP contribution is -2.64. The summed E-state index contributed by atoms with van der Waals surface area (Å²) >= 11 is 0. The van der Waals surface area contributed by atoms with E-state index < -0.39 is 92.2 Å². The molecule has 0 amide bonds. The molecule has 0 aromatic rings. The van der Waals surface area contributed by atoms with E-state index in [0.29, 0.717) is 0 Å². The summed E-state index contributed by atoms with van der Waals surface area (Å²) in [5, 5.41) is 80.3. The number of hydrogen-bond acceptors (Lipinski definition) is 13. The van der Waals surface area contributed by atoms with Crippen molar-refractivity contribution in [1.82, 2.24) is 0 Å². The summed E-state index contributed by atoms with van der Waals surface area (Å²) in [6.45, 7) is 0.405. The Morgan fingerprint density at radius 2 is 1.35 bits per heavy atom. The van der Waals surface area contributed by atoms with Crippen molar-refractivity contribution >= 4 is 0 Å². The zero-order valence-electron chi connectivity index (χ0n) is 17.0. The molecule has 182 valence electrons. The molecule has 3 aliphatic rings. The molecular weight excluding hydrogens is 422 g/mol. The standard InChI is InChI=1S/C18H33NO12/c1-5-10(23)11(24)13(26)17(28-5)31-16-9(4-21)29-18(14(27)12(16)25)30-15-6(3-20)7(19)2-8(15)22/h5-18,20-27H,2-4,19H2,1H3/t5-,6-,7+,8+,9-,10-,11+,12-,13-,14-,15-,16-,17+,18-/m1/s1. The van der Waals surface area contributed by atoms with Crippen molar-refractivity contribution in [1.29, 1.82) is 0 Å². The van der Waals surface area contributed by atoms with Gasteiger partial charge in [0, 0.05) is 18.6 Å². The van der Waals surface area contributed by atoms with Crippen LogP contribution in [0.25, 0.3) is 0 Å². The third-order valence-electron chi connectivity index (χ3n) is 6.29. The summed E-state index contributed by atoms with van der Waals surface area (Å²) in [6, 6.07) is -0.533. The fraction of sp³-hybridized carbons (Fsp3) is 1.00. The molecule has 1 saturated carbocycles. The topological polar surface area (TPSA) is 225 Å². The molecule has 13 nitrogen and oxygen atoms in total. The van der Waals surface area contributed by atoms with Gasteiger partial charge in [0.1, 0.15) is 42.7 Å². The normalized spacial score (nSPS) is 53.6. The van der Waals surface area contributed by atoms with Crippen LogP contribution in [0.5, 0.6) is 0 Å². The highest BCUT2D eigenvalue weighted by Gasteiger charge is 2.52. The fourth-order valence-corrected chi connectivity index (χ4v) is 4.32. The maximum Gasteiger partial charge on any atom is 0.187 e. The third kappa shape index (κ3) is 4.89. The molecule has 0 aromatic carbocycles. The maximum atomic E-state index is 10.6. The molecule has 1 aliphatic carbocycles. The van der Waals surface area contributed by atoms with Crippen LogP contribution < -0.4 is 5.73 Å². The van der Waals surface area contributed by atoms with E-state index in [1.54, 1.807) is 0 Å². The highest BCUT2D eigenvalue weighted by atomic mass is 16.7. The first kappa shape index (κ1) is 25.1. The molecule has 3 fully saturated rings. The predicted molar refractivity (Wildman–Crippen MR) is 99.0 cm³/mol.